The molecule has 2 amide bonds. The molecular weight excluding hydrogens is 332 g/mol. The molecule has 0 radical (unpaired) electrons. The summed E-state index contributed by atoms with van der Waals surface area (Å²) in [5, 5.41) is 11.0. The number of aliphatic carboxylic acids is 1. The first-order valence-electron chi connectivity index (χ1n) is 7.28. The summed E-state index contributed by atoms with van der Waals surface area (Å²) in [5.41, 5.74) is 1.52. The van der Waals surface area contributed by atoms with Gasteiger partial charge in [0.1, 0.15) is 11.4 Å². The number of nitrogens with zero attached hydrogens (tertiary/aromatic N) is 1. The van der Waals surface area contributed by atoms with Crippen LogP contribution in [0, 0.1) is 6.92 Å². The van der Waals surface area contributed by atoms with Gasteiger partial charge in [0.2, 0.25) is 5.91 Å². The molecule has 2 N–H and O–H groups in total. The van der Waals surface area contributed by atoms with E-state index in [9.17, 15) is 23.7 Å². The summed E-state index contributed by atoms with van der Waals surface area (Å²) in [6.07, 6.45) is 0. The van der Waals surface area contributed by atoms with Crippen LogP contribution in [0.4, 0.5) is 0 Å². The fourth-order valence-electron chi connectivity index (χ4n) is 3.02. The zero-order chi connectivity index (χ0) is 17.6. The van der Waals surface area contributed by atoms with Crippen molar-refractivity contribution in [2.24, 2.45) is 0 Å². The number of hydrogen-bond donors (Lipinski definition) is 2. The van der Waals surface area contributed by atoms with Crippen LogP contribution >= 0.6 is 0 Å². The lowest BCUT2D eigenvalue weighted by molar-refractivity contribution is -0.159. The predicted octanol–water partition coefficient (Wildman–Crippen LogP) is 0.0334. The standard InChI is InChI=1S/C16H16N2O5S/c1-8-4-3-5-10(6-8)13(19)17-11-14(20)18-12(16(21)22)9(2)7-24(23)15(11)18/h3-6,11-12,15H,2,7H2,1H3,(H,17,19)(H,21,22)/t11?,12?,15-,24?/m1/s1. The number of carboxylic acid groups (broad SMARTS) is 1. The van der Waals surface area contributed by atoms with Crippen LogP contribution in [0.2, 0.25) is 0 Å². The monoisotopic (exact) mass is 348 g/mol. The number of rotatable bonds is 3. The lowest BCUT2D eigenvalue weighted by Gasteiger charge is -2.51. The smallest absolute Gasteiger partial charge is 0.330 e. The number of hydrogen-bond acceptors (Lipinski definition) is 4. The number of carboxylic acids is 1. The van der Waals surface area contributed by atoms with E-state index in [1.54, 1.807) is 18.2 Å². The highest BCUT2D eigenvalue weighted by Gasteiger charge is 2.59. The molecule has 3 rings (SSSR count). The van der Waals surface area contributed by atoms with Gasteiger partial charge in [-0.25, -0.2) is 4.79 Å². The Morgan fingerprint density at radius 2 is 2.12 bits per heavy atom. The molecule has 2 heterocycles. The molecule has 1 aromatic rings. The molecule has 7 nitrogen and oxygen atoms in total. The van der Waals surface area contributed by atoms with Crippen LogP contribution in [0.15, 0.2) is 36.4 Å². The number of β-lactam (4-membered cyclic amide) rings is 1. The number of fused-ring (bicyclic) bond motifs is 1. The first kappa shape index (κ1) is 16.4. The Kier molecular flexibility index (Phi) is 4.00. The molecule has 0 saturated carbocycles. The molecule has 2 saturated heterocycles. The minimum absolute atomic E-state index is 0.00221. The van der Waals surface area contributed by atoms with Crippen LogP contribution in [0.25, 0.3) is 0 Å². The van der Waals surface area contributed by atoms with Crippen molar-refractivity contribution in [3.8, 4) is 0 Å². The average Bonchev–Trinajstić information content (AvgIpc) is 2.51. The van der Waals surface area contributed by atoms with E-state index in [0.29, 0.717) is 5.56 Å². The van der Waals surface area contributed by atoms with Crippen molar-refractivity contribution in [3.05, 3.63) is 47.5 Å². The molecule has 0 aromatic heterocycles. The first-order chi connectivity index (χ1) is 11.3. The summed E-state index contributed by atoms with van der Waals surface area (Å²) in [7, 11) is -1.50. The van der Waals surface area contributed by atoms with Crippen LogP contribution in [-0.2, 0) is 20.4 Å². The molecule has 0 spiro atoms. The largest absolute Gasteiger partial charge is 0.479 e. The van der Waals surface area contributed by atoms with E-state index >= 15 is 0 Å². The number of carbonyl (C=O) groups is 3. The summed E-state index contributed by atoms with van der Waals surface area (Å²) in [4.78, 5) is 37.0. The minimum Gasteiger partial charge on any atom is -0.479 e. The van der Waals surface area contributed by atoms with Gasteiger partial charge in [-0.15, -0.1) is 0 Å². The zero-order valence-corrected chi connectivity index (χ0v) is 13.7. The van der Waals surface area contributed by atoms with Crippen molar-refractivity contribution >= 4 is 28.6 Å². The lowest BCUT2D eigenvalue weighted by atomic mass is 9.98. The second-order valence-electron chi connectivity index (χ2n) is 5.88. The molecule has 4 atom stereocenters. The second-order valence-corrected chi connectivity index (χ2v) is 7.41. The Hall–Kier alpha value is -2.48. The van der Waals surface area contributed by atoms with Gasteiger partial charge in [0, 0.05) is 11.3 Å². The first-order valence-corrected chi connectivity index (χ1v) is 8.67. The van der Waals surface area contributed by atoms with Gasteiger partial charge >= 0.3 is 5.97 Å². The fourth-order valence-corrected chi connectivity index (χ4v) is 4.68. The van der Waals surface area contributed by atoms with E-state index in [1.807, 2.05) is 13.0 Å². The number of benzene rings is 1. The third-order valence-electron chi connectivity index (χ3n) is 4.14. The van der Waals surface area contributed by atoms with Crippen molar-refractivity contribution in [1.82, 2.24) is 10.2 Å². The molecule has 2 aliphatic rings. The van der Waals surface area contributed by atoms with Crippen LogP contribution < -0.4 is 5.32 Å². The topological polar surface area (TPSA) is 104 Å². The van der Waals surface area contributed by atoms with Crippen molar-refractivity contribution in [2.45, 2.75) is 24.4 Å². The summed E-state index contributed by atoms with van der Waals surface area (Å²) >= 11 is 0. The van der Waals surface area contributed by atoms with Gasteiger partial charge in [-0.05, 0) is 24.6 Å². The van der Waals surface area contributed by atoms with E-state index in [-0.39, 0.29) is 11.3 Å². The van der Waals surface area contributed by atoms with Crippen LogP contribution in [0.3, 0.4) is 0 Å². The average molecular weight is 348 g/mol. The highest BCUT2D eigenvalue weighted by molar-refractivity contribution is 7.86. The maximum Gasteiger partial charge on any atom is 0.330 e. The molecular formula is C16H16N2O5S. The molecule has 2 fully saturated rings. The minimum atomic E-state index is -1.50. The van der Waals surface area contributed by atoms with E-state index in [0.717, 1.165) is 10.5 Å². The van der Waals surface area contributed by atoms with Crippen molar-refractivity contribution < 1.29 is 23.7 Å². The molecule has 24 heavy (non-hydrogen) atoms. The maximum absolute atomic E-state index is 12.3. The van der Waals surface area contributed by atoms with Gasteiger partial charge in [-0.3, -0.25) is 13.8 Å². The normalized spacial score (nSPS) is 28.8. The van der Waals surface area contributed by atoms with Gasteiger partial charge in [0.15, 0.2) is 6.04 Å². The van der Waals surface area contributed by atoms with Gasteiger partial charge in [-0.1, -0.05) is 24.3 Å². The highest BCUT2D eigenvalue weighted by Crippen LogP contribution is 2.34. The Bertz CT molecular complexity index is 790. The quantitative estimate of drug-likeness (QED) is 0.593. The number of aryl methyl sites for hydroxylation is 1. The molecule has 3 unspecified atom stereocenters. The second kappa shape index (κ2) is 5.86. The third-order valence-corrected chi connectivity index (χ3v) is 5.84. The van der Waals surface area contributed by atoms with Crippen molar-refractivity contribution in [2.75, 3.05) is 5.75 Å². The summed E-state index contributed by atoms with van der Waals surface area (Å²) in [6.45, 7) is 5.45. The van der Waals surface area contributed by atoms with E-state index in [2.05, 4.69) is 11.9 Å². The number of amides is 2. The highest BCUT2D eigenvalue weighted by atomic mass is 32.2. The Labute approximate surface area is 140 Å². The van der Waals surface area contributed by atoms with Crippen LogP contribution in [0.1, 0.15) is 15.9 Å². The van der Waals surface area contributed by atoms with E-state index in [1.165, 1.54) is 0 Å². The third kappa shape index (κ3) is 2.52. The van der Waals surface area contributed by atoms with Gasteiger partial charge in [0.05, 0.1) is 10.8 Å². The van der Waals surface area contributed by atoms with Crippen molar-refractivity contribution in [1.29, 1.82) is 0 Å². The SMILES string of the molecule is C=C1CS(=O)[C@@H]2C(NC(=O)c3cccc(C)c3)C(=O)N2C1C(=O)O. The van der Waals surface area contributed by atoms with Crippen LogP contribution in [-0.4, -0.2) is 55.2 Å². The number of carbonyl (C=O) groups excluding carboxylic acids is 2. The predicted molar refractivity (Wildman–Crippen MR) is 86.6 cm³/mol. The summed E-state index contributed by atoms with van der Waals surface area (Å²) in [5.74, 6) is -2.21. The zero-order valence-electron chi connectivity index (χ0n) is 12.9. The van der Waals surface area contributed by atoms with Crippen LogP contribution in [0.5, 0.6) is 0 Å². The molecule has 2 aliphatic heterocycles. The molecule has 8 heteroatoms. The molecule has 1 aromatic carbocycles. The van der Waals surface area contributed by atoms with Gasteiger partial charge in [-0.2, -0.15) is 0 Å². The molecule has 0 aliphatic carbocycles. The number of nitrogens with one attached hydrogen (secondary N) is 1. The Morgan fingerprint density at radius 1 is 1.42 bits per heavy atom. The van der Waals surface area contributed by atoms with Gasteiger partial charge < -0.3 is 15.3 Å². The molecule has 0 bridgehead atoms. The lowest BCUT2D eigenvalue weighted by Crippen LogP contribution is -2.77. The molecule has 126 valence electrons. The summed E-state index contributed by atoms with van der Waals surface area (Å²) in [6, 6.07) is 4.69. The fraction of sp³-hybridized carbons (Fsp3) is 0.312. The Morgan fingerprint density at radius 3 is 2.75 bits per heavy atom. The van der Waals surface area contributed by atoms with Crippen molar-refractivity contribution in [3.63, 3.8) is 0 Å². The van der Waals surface area contributed by atoms with E-state index in [4.69, 9.17) is 0 Å². The van der Waals surface area contributed by atoms with E-state index < -0.39 is 46.0 Å². The maximum atomic E-state index is 12.3. The Balaban J connectivity index is 1.80. The summed E-state index contributed by atoms with van der Waals surface area (Å²) < 4.78 is 12.3. The van der Waals surface area contributed by atoms with Gasteiger partial charge in [0.25, 0.3) is 5.91 Å².